The average molecular weight is 361 g/mol. The van der Waals surface area contributed by atoms with Crippen molar-refractivity contribution < 1.29 is 19.4 Å². The van der Waals surface area contributed by atoms with Crippen molar-refractivity contribution in [3.05, 3.63) is 33.8 Å². The number of halogens is 2. The summed E-state index contributed by atoms with van der Waals surface area (Å²) in [6.45, 7) is 3.76. The highest BCUT2D eigenvalue weighted by Gasteiger charge is 2.41. The van der Waals surface area contributed by atoms with Crippen LogP contribution >= 0.6 is 23.2 Å². The fourth-order valence-corrected chi connectivity index (χ4v) is 3.70. The maximum atomic E-state index is 12.4. The molecule has 0 radical (unpaired) electrons. The van der Waals surface area contributed by atoms with Gasteiger partial charge in [-0.2, -0.15) is 0 Å². The lowest BCUT2D eigenvalue weighted by molar-refractivity contribution is -0.235. The standard InChI is InChI=1S/C17H22Cl2O4/c1-3-22-16(20)15(23-17(21)9-4-5-10-17)11(2)14-12(18)7-6-8-13(14)19/h6-8,11,15,21H,3-5,9-10H2,1-2H3. The van der Waals surface area contributed by atoms with Gasteiger partial charge in [0.1, 0.15) is 0 Å². The molecular formula is C17H22Cl2O4. The molecule has 0 aromatic heterocycles. The minimum absolute atomic E-state index is 0.236. The quantitative estimate of drug-likeness (QED) is 0.606. The molecule has 1 aliphatic rings. The van der Waals surface area contributed by atoms with Crippen molar-refractivity contribution in [2.24, 2.45) is 0 Å². The number of ether oxygens (including phenoxy) is 2. The maximum absolute atomic E-state index is 12.4. The molecule has 2 unspecified atom stereocenters. The number of aliphatic hydroxyl groups is 1. The van der Waals surface area contributed by atoms with E-state index in [1.54, 1.807) is 32.0 Å². The third-order valence-electron chi connectivity index (χ3n) is 4.16. The molecule has 0 bridgehead atoms. The molecule has 4 nitrogen and oxygen atoms in total. The van der Waals surface area contributed by atoms with E-state index in [2.05, 4.69) is 0 Å². The second-order valence-electron chi connectivity index (χ2n) is 5.87. The summed E-state index contributed by atoms with van der Waals surface area (Å²) < 4.78 is 10.9. The monoisotopic (exact) mass is 360 g/mol. The predicted molar refractivity (Wildman–Crippen MR) is 89.8 cm³/mol. The molecule has 1 saturated carbocycles. The predicted octanol–water partition coefficient (Wildman–Crippen LogP) is 4.31. The Bertz CT molecular complexity index is 535. The summed E-state index contributed by atoms with van der Waals surface area (Å²) in [4.78, 5) is 12.4. The summed E-state index contributed by atoms with van der Waals surface area (Å²) in [5.41, 5.74) is 0.621. The number of benzene rings is 1. The van der Waals surface area contributed by atoms with E-state index in [-0.39, 0.29) is 6.61 Å². The van der Waals surface area contributed by atoms with E-state index in [9.17, 15) is 9.90 Å². The fraction of sp³-hybridized carbons (Fsp3) is 0.588. The number of carbonyl (C=O) groups excluding carboxylic acids is 1. The van der Waals surface area contributed by atoms with Crippen molar-refractivity contribution in [1.82, 2.24) is 0 Å². The van der Waals surface area contributed by atoms with Crippen LogP contribution in [0, 0.1) is 0 Å². The molecule has 0 spiro atoms. The topological polar surface area (TPSA) is 55.8 Å². The van der Waals surface area contributed by atoms with Crippen LogP contribution in [0.1, 0.15) is 51.0 Å². The Morgan fingerprint density at radius 1 is 1.30 bits per heavy atom. The molecule has 128 valence electrons. The van der Waals surface area contributed by atoms with Gasteiger partial charge in [-0.1, -0.05) is 36.2 Å². The molecule has 1 fully saturated rings. The van der Waals surface area contributed by atoms with Crippen molar-refractivity contribution >= 4 is 29.2 Å². The minimum Gasteiger partial charge on any atom is -0.464 e. The zero-order valence-electron chi connectivity index (χ0n) is 13.4. The van der Waals surface area contributed by atoms with E-state index >= 15 is 0 Å². The molecule has 1 N–H and O–H groups in total. The Kier molecular flexibility index (Phi) is 6.32. The highest BCUT2D eigenvalue weighted by molar-refractivity contribution is 6.36. The van der Waals surface area contributed by atoms with Gasteiger partial charge in [0.25, 0.3) is 0 Å². The van der Waals surface area contributed by atoms with E-state index in [1.165, 1.54) is 0 Å². The smallest absolute Gasteiger partial charge is 0.336 e. The van der Waals surface area contributed by atoms with Crippen LogP contribution in [0.2, 0.25) is 10.0 Å². The van der Waals surface area contributed by atoms with E-state index in [0.717, 1.165) is 12.8 Å². The molecule has 2 rings (SSSR count). The van der Waals surface area contributed by atoms with E-state index < -0.39 is 23.8 Å². The van der Waals surface area contributed by atoms with Crippen LogP contribution < -0.4 is 0 Å². The first-order chi connectivity index (χ1) is 10.9. The van der Waals surface area contributed by atoms with Gasteiger partial charge in [0, 0.05) is 28.8 Å². The van der Waals surface area contributed by atoms with Gasteiger partial charge >= 0.3 is 5.97 Å². The summed E-state index contributed by atoms with van der Waals surface area (Å²) in [5, 5.41) is 11.4. The lowest BCUT2D eigenvalue weighted by Gasteiger charge is -2.31. The maximum Gasteiger partial charge on any atom is 0.336 e. The second-order valence-corrected chi connectivity index (χ2v) is 6.68. The number of rotatable bonds is 6. The highest BCUT2D eigenvalue weighted by atomic mass is 35.5. The molecule has 0 saturated heterocycles. The van der Waals surface area contributed by atoms with E-state index in [4.69, 9.17) is 32.7 Å². The molecule has 2 atom stereocenters. The van der Waals surface area contributed by atoms with Crippen LogP contribution in [0.3, 0.4) is 0 Å². The molecule has 1 aromatic carbocycles. The SMILES string of the molecule is CCOC(=O)C(OC1(O)CCCC1)C(C)c1c(Cl)cccc1Cl. The Hall–Kier alpha value is -0.810. The number of hydrogen-bond acceptors (Lipinski definition) is 4. The van der Waals surface area contributed by atoms with Crippen LogP contribution in [0.4, 0.5) is 0 Å². The fourth-order valence-electron chi connectivity index (χ4n) is 2.96. The Balaban J connectivity index is 2.30. The zero-order valence-corrected chi connectivity index (χ0v) is 14.9. The van der Waals surface area contributed by atoms with Crippen molar-refractivity contribution in [3.63, 3.8) is 0 Å². The summed E-state index contributed by atoms with van der Waals surface area (Å²) in [5.74, 6) is -2.25. The van der Waals surface area contributed by atoms with Crippen LogP contribution in [-0.2, 0) is 14.3 Å². The van der Waals surface area contributed by atoms with Crippen molar-refractivity contribution in [1.29, 1.82) is 0 Å². The van der Waals surface area contributed by atoms with Gasteiger partial charge in [0.05, 0.1) is 6.61 Å². The molecule has 23 heavy (non-hydrogen) atoms. The van der Waals surface area contributed by atoms with Crippen molar-refractivity contribution in [2.75, 3.05) is 6.61 Å². The number of esters is 1. The van der Waals surface area contributed by atoms with Gasteiger partial charge in [0.2, 0.25) is 0 Å². The van der Waals surface area contributed by atoms with Gasteiger partial charge in [0.15, 0.2) is 11.9 Å². The van der Waals surface area contributed by atoms with Gasteiger partial charge < -0.3 is 14.6 Å². The summed E-state index contributed by atoms with van der Waals surface area (Å²) >= 11 is 12.5. The molecule has 0 heterocycles. The van der Waals surface area contributed by atoms with Gasteiger partial charge in [-0.05, 0) is 37.5 Å². The second kappa shape index (κ2) is 7.84. The summed E-state index contributed by atoms with van der Waals surface area (Å²) in [7, 11) is 0. The van der Waals surface area contributed by atoms with Crippen molar-refractivity contribution in [2.45, 2.75) is 57.3 Å². The lowest BCUT2D eigenvalue weighted by atomic mass is 9.94. The Morgan fingerprint density at radius 2 is 1.87 bits per heavy atom. The third kappa shape index (κ3) is 4.38. The van der Waals surface area contributed by atoms with E-state index in [0.29, 0.717) is 28.5 Å². The Labute approximate surface area is 146 Å². The number of carbonyl (C=O) groups is 1. The highest BCUT2D eigenvalue weighted by Crippen LogP contribution is 2.38. The summed E-state index contributed by atoms with van der Waals surface area (Å²) in [6.07, 6.45) is 1.79. The first kappa shape index (κ1) is 18.5. The molecule has 1 aliphatic carbocycles. The first-order valence-corrected chi connectivity index (χ1v) is 8.64. The van der Waals surface area contributed by atoms with Gasteiger partial charge in [-0.15, -0.1) is 0 Å². The van der Waals surface area contributed by atoms with Gasteiger partial charge in [-0.25, -0.2) is 4.79 Å². The molecular weight excluding hydrogens is 339 g/mol. The molecule has 0 amide bonds. The molecule has 0 aliphatic heterocycles. The van der Waals surface area contributed by atoms with Crippen LogP contribution in [-0.4, -0.2) is 29.6 Å². The van der Waals surface area contributed by atoms with Crippen LogP contribution in [0.5, 0.6) is 0 Å². The van der Waals surface area contributed by atoms with E-state index in [1.807, 2.05) is 0 Å². The zero-order chi connectivity index (χ0) is 17.0. The Morgan fingerprint density at radius 3 is 2.39 bits per heavy atom. The first-order valence-electron chi connectivity index (χ1n) is 7.88. The number of hydrogen-bond donors (Lipinski definition) is 1. The third-order valence-corrected chi connectivity index (χ3v) is 4.82. The van der Waals surface area contributed by atoms with Crippen LogP contribution in [0.25, 0.3) is 0 Å². The van der Waals surface area contributed by atoms with Crippen molar-refractivity contribution in [3.8, 4) is 0 Å². The largest absolute Gasteiger partial charge is 0.464 e. The average Bonchev–Trinajstić information content (AvgIpc) is 2.91. The lowest BCUT2D eigenvalue weighted by Crippen LogP contribution is -2.41. The summed E-state index contributed by atoms with van der Waals surface area (Å²) in [6, 6.07) is 5.17. The van der Waals surface area contributed by atoms with Gasteiger partial charge in [-0.3, -0.25) is 0 Å². The minimum atomic E-state index is -1.29. The molecule has 1 aromatic rings. The normalized spacial score (nSPS) is 19.3. The van der Waals surface area contributed by atoms with Crippen LogP contribution in [0.15, 0.2) is 18.2 Å². The molecule has 6 heteroatoms.